The summed E-state index contributed by atoms with van der Waals surface area (Å²) in [6.45, 7) is 2.79. The van der Waals surface area contributed by atoms with Crippen LogP contribution < -0.4 is 10.5 Å². The lowest BCUT2D eigenvalue weighted by atomic mass is 10.2. The summed E-state index contributed by atoms with van der Waals surface area (Å²) in [6, 6.07) is 7.87. The molecule has 5 nitrogen and oxygen atoms in total. The maximum Gasteiger partial charge on any atom is 0.230 e. The van der Waals surface area contributed by atoms with Crippen LogP contribution in [0.5, 0.6) is 5.75 Å². The maximum absolute atomic E-state index is 5.62. The van der Waals surface area contributed by atoms with Crippen molar-refractivity contribution in [2.45, 2.75) is 19.9 Å². The van der Waals surface area contributed by atoms with Crippen molar-refractivity contribution in [3.8, 4) is 5.75 Å². The van der Waals surface area contributed by atoms with Crippen molar-refractivity contribution in [1.29, 1.82) is 0 Å². The third kappa shape index (κ3) is 3.04. The second-order valence-electron chi connectivity index (χ2n) is 3.66. The van der Waals surface area contributed by atoms with Crippen LogP contribution in [0.3, 0.4) is 0 Å². The van der Waals surface area contributed by atoms with Gasteiger partial charge in [0.1, 0.15) is 5.75 Å². The summed E-state index contributed by atoms with van der Waals surface area (Å²) in [7, 11) is 0. The van der Waals surface area contributed by atoms with Crippen molar-refractivity contribution >= 4 is 0 Å². The maximum atomic E-state index is 5.62. The first-order valence-electron chi connectivity index (χ1n) is 5.49. The van der Waals surface area contributed by atoms with E-state index in [9.17, 15) is 0 Å². The number of nitrogens with zero attached hydrogens (tertiary/aromatic N) is 2. The summed E-state index contributed by atoms with van der Waals surface area (Å²) in [5.74, 6) is 1.89. The summed E-state index contributed by atoms with van der Waals surface area (Å²) in [5.41, 5.74) is 6.49. The van der Waals surface area contributed by atoms with Crippen LogP contribution in [0.2, 0.25) is 0 Å². The fourth-order valence-corrected chi connectivity index (χ4v) is 1.44. The van der Waals surface area contributed by atoms with Gasteiger partial charge in [0.15, 0.2) is 0 Å². The van der Waals surface area contributed by atoms with E-state index in [0.29, 0.717) is 24.8 Å². The average Bonchev–Trinajstić information content (AvgIpc) is 2.80. The molecule has 0 radical (unpaired) electrons. The van der Waals surface area contributed by atoms with E-state index in [-0.39, 0.29) is 6.54 Å². The zero-order valence-corrected chi connectivity index (χ0v) is 9.72. The van der Waals surface area contributed by atoms with Crippen LogP contribution in [0.15, 0.2) is 28.7 Å². The molecule has 0 unspecified atom stereocenters. The van der Waals surface area contributed by atoms with Crippen molar-refractivity contribution < 1.29 is 9.15 Å². The second-order valence-corrected chi connectivity index (χ2v) is 3.66. The van der Waals surface area contributed by atoms with Crippen LogP contribution in [0.25, 0.3) is 0 Å². The van der Waals surface area contributed by atoms with Crippen molar-refractivity contribution in [3.63, 3.8) is 0 Å². The molecule has 0 spiro atoms. The van der Waals surface area contributed by atoms with E-state index in [1.165, 1.54) is 0 Å². The number of aromatic nitrogens is 2. The number of hydrogen-bond acceptors (Lipinski definition) is 5. The number of rotatable bonds is 5. The first-order valence-corrected chi connectivity index (χ1v) is 5.49. The Kier molecular flexibility index (Phi) is 3.72. The molecule has 0 fully saturated rings. The second kappa shape index (κ2) is 5.45. The molecule has 0 aliphatic heterocycles. The number of nitrogens with two attached hydrogens (primary N) is 1. The Balaban J connectivity index is 1.85. The summed E-state index contributed by atoms with van der Waals surface area (Å²) < 4.78 is 10.9. The zero-order chi connectivity index (χ0) is 12.1. The number of aryl methyl sites for hydroxylation is 1. The minimum atomic E-state index is 0.269. The highest BCUT2D eigenvalue weighted by molar-refractivity contribution is 5.31. The third-order valence-corrected chi connectivity index (χ3v) is 2.35. The highest BCUT2D eigenvalue weighted by Crippen LogP contribution is 2.16. The molecule has 2 N–H and O–H groups in total. The van der Waals surface area contributed by atoms with Crippen LogP contribution in [-0.4, -0.2) is 16.8 Å². The van der Waals surface area contributed by atoms with E-state index >= 15 is 0 Å². The molecule has 1 aromatic heterocycles. The molecular weight excluding hydrogens is 218 g/mol. The van der Waals surface area contributed by atoms with E-state index in [4.69, 9.17) is 14.9 Å². The molecule has 0 saturated carbocycles. The number of benzene rings is 1. The van der Waals surface area contributed by atoms with E-state index < -0.39 is 0 Å². The van der Waals surface area contributed by atoms with Crippen molar-refractivity contribution in [1.82, 2.24) is 10.2 Å². The summed E-state index contributed by atoms with van der Waals surface area (Å²) in [6.07, 6.45) is 0.585. The normalized spacial score (nSPS) is 10.5. The molecule has 17 heavy (non-hydrogen) atoms. The molecule has 0 saturated heterocycles. The largest absolute Gasteiger partial charge is 0.493 e. The quantitative estimate of drug-likeness (QED) is 0.846. The minimum Gasteiger partial charge on any atom is -0.493 e. The molecule has 0 amide bonds. The molecule has 5 heteroatoms. The molecule has 90 valence electrons. The van der Waals surface area contributed by atoms with Crippen molar-refractivity contribution in [2.75, 3.05) is 6.61 Å². The predicted octanol–water partition coefficient (Wildman–Crippen LogP) is 1.46. The van der Waals surface area contributed by atoms with E-state index in [2.05, 4.69) is 10.2 Å². The van der Waals surface area contributed by atoms with Gasteiger partial charge in [0.05, 0.1) is 19.6 Å². The number of para-hydroxylation sites is 1. The van der Waals surface area contributed by atoms with Crippen LogP contribution in [-0.2, 0) is 13.0 Å². The Morgan fingerprint density at radius 2 is 2.00 bits per heavy atom. The Morgan fingerprint density at radius 3 is 2.71 bits per heavy atom. The summed E-state index contributed by atoms with van der Waals surface area (Å²) in [5, 5.41) is 7.64. The van der Waals surface area contributed by atoms with E-state index in [1.807, 2.05) is 31.2 Å². The van der Waals surface area contributed by atoms with Crippen LogP contribution in [0.4, 0.5) is 0 Å². The first kappa shape index (κ1) is 11.6. The minimum absolute atomic E-state index is 0.269. The number of hydrogen-bond donors (Lipinski definition) is 1. The molecule has 2 rings (SSSR count). The fraction of sp³-hybridized carbons (Fsp3) is 0.333. The lowest BCUT2D eigenvalue weighted by molar-refractivity contribution is 0.302. The van der Waals surface area contributed by atoms with Gasteiger partial charge in [-0.25, -0.2) is 0 Å². The number of ether oxygens (including phenoxy) is 1. The molecule has 0 aliphatic carbocycles. The highest BCUT2D eigenvalue weighted by atomic mass is 16.5. The monoisotopic (exact) mass is 233 g/mol. The van der Waals surface area contributed by atoms with Crippen molar-refractivity contribution in [3.05, 3.63) is 41.6 Å². The van der Waals surface area contributed by atoms with Gasteiger partial charge in [-0.05, 0) is 18.6 Å². The standard InChI is InChI=1S/C12H15N3O2/c1-9-4-2-3-5-10(9)16-7-6-11-14-15-12(8-13)17-11/h2-5H,6-8,13H2,1H3. The van der Waals surface area contributed by atoms with E-state index in [0.717, 1.165) is 11.3 Å². The third-order valence-electron chi connectivity index (χ3n) is 2.35. The SMILES string of the molecule is Cc1ccccc1OCCc1nnc(CN)o1. The average molecular weight is 233 g/mol. The van der Waals surface area contributed by atoms with Gasteiger partial charge in [-0.2, -0.15) is 0 Å². The summed E-state index contributed by atoms with van der Waals surface area (Å²) in [4.78, 5) is 0. The van der Waals surface area contributed by atoms with Gasteiger partial charge < -0.3 is 14.9 Å². The van der Waals surface area contributed by atoms with Gasteiger partial charge >= 0.3 is 0 Å². The zero-order valence-electron chi connectivity index (χ0n) is 9.72. The molecular formula is C12H15N3O2. The van der Waals surface area contributed by atoms with Gasteiger partial charge in [0, 0.05) is 0 Å². The molecule has 0 atom stereocenters. The first-order chi connectivity index (χ1) is 8.29. The Hall–Kier alpha value is -1.88. The summed E-state index contributed by atoms with van der Waals surface area (Å²) >= 11 is 0. The highest BCUT2D eigenvalue weighted by Gasteiger charge is 2.05. The van der Waals surface area contributed by atoms with Crippen LogP contribution in [0, 0.1) is 6.92 Å². The molecule has 2 aromatic rings. The molecule has 0 bridgehead atoms. The van der Waals surface area contributed by atoms with Crippen molar-refractivity contribution in [2.24, 2.45) is 5.73 Å². The van der Waals surface area contributed by atoms with Gasteiger partial charge in [-0.1, -0.05) is 18.2 Å². The smallest absolute Gasteiger partial charge is 0.230 e. The van der Waals surface area contributed by atoms with Gasteiger partial charge in [-0.15, -0.1) is 10.2 Å². The van der Waals surface area contributed by atoms with Gasteiger partial charge in [-0.3, -0.25) is 0 Å². The van der Waals surface area contributed by atoms with Gasteiger partial charge in [0.25, 0.3) is 0 Å². The Morgan fingerprint density at radius 1 is 1.24 bits per heavy atom. The Bertz CT molecular complexity index is 482. The lowest BCUT2D eigenvalue weighted by Gasteiger charge is -2.06. The molecule has 1 heterocycles. The van der Waals surface area contributed by atoms with Crippen LogP contribution >= 0.6 is 0 Å². The lowest BCUT2D eigenvalue weighted by Crippen LogP contribution is -2.02. The van der Waals surface area contributed by atoms with Crippen LogP contribution in [0.1, 0.15) is 17.3 Å². The fourth-order valence-electron chi connectivity index (χ4n) is 1.44. The molecule has 1 aromatic carbocycles. The van der Waals surface area contributed by atoms with Gasteiger partial charge in [0.2, 0.25) is 11.8 Å². The predicted molar refractivity (Wildman–Crippen MR) is 62.6 cm³/mol. The Labute approximate surface area is 99.6 Å². The van der Waals surface area contributed by atoms with E-state index in [1.54, 1.807) is 0 Å². The molecule has 0 aliphatic rings. The topological polar surface area (TPSA) is 74.2 Å².